The Bertz CT molecular complexity index is 2760. The Labute approximate surface area is 258 Å². The molecule has 0 atom stereocenters. The number of aromatic nitrogens is 1. The molecule has 10 rings (SSSR count). The molecule has 7 aromatic carbocycles. The molecule has 3 aromatic heterocycles. The fourth-order valence-corrected chi connectivity index (χ4v) is 7.16. The van der Waals surface area contributed by atoms with Crippen molar-refractivity contribution in [2.45, 2.75) is 0 Å². The number of rotatable bonds is 3. The molecule has 0 N–H and O–H groups in total. The van der Waals surface area contributed by atoms with Crippen molar-refractivity contribution in [3.8, 4) is 27.9 Å². The van der Waals surface area contributed by atoms with Gasteiger partial charge < -0.3 is 13.4 Å². The van der Waals surface area contributed by atoms with Crippen LogP contribution in [0, 0.1) is 0 Å². The summed E-state index contributed by atoms with van der Waals surface area (Å²) in [5, 5.41) is 6.78. The highest BCUT2D eigenvalue weighted by Crippen LogP contribution is 2.43. The molecule has 0 saturated heterocycles. The second-order valence-corrected chi connectivity index (χ2v) is 11.7. The van der Waals surface area contributed by atoms with Crippen LogP contribution in [0.5, 0.6) is 0 Å². The average molecular weight is 576 g/mol. The number of fused-ring (bicyclic) bond motifs is 10. The lowest BCUT2D eigenvalue weighted by Crippen LogP contribution is -1.94. The Morgan fingerprint density at radius 3 is 2.04 bits per heavy atom. The summed E-state index contributed by atoms with van der Waals surface area (Å²) in [6.45, 7) is 0. The second kappa shape index (κ2) is 9.22. The summed E-state index contributed by atoms with van der Waals surface area (Å²) in [5.41, 5.74) is 11.6. The number of hydrogen-bond acceptors (Lipinski definition) is 2. The van der Waals surface area contributed by atoms with Crippen LogP contribution in [0.4, 0.5) is 0 Å². The van der Waals surface area contributed by atoms with E-state index in [1.807, 2.05) is 12.1 Å². The Hall–Kier alpha value is -6.06. The molecule has 10 aromatic rings. The zero-order chi connectivity index (χ0) is 29.5. The van der Waals surface area contributed by atoms with Gasteiger partial charge in [-0.2, -0.15) is 0 Å². The fourth-order valence-electron chi connectivity index (χ4n) is 7.16. The lowest BCUT2D eigenvalue weighted by Gasteiger charge is -2.10. The van der Waals surface area contributed by atoms with Crippen LogP contribution >= 0.6 is 0 Å². The average Bonchev–Trinajstić information content (AvgIpc) is 3.78. The molecule has 0 aliphatic rings. The van der Waals surface area contributed by atoms with Gasteiger partial charge in [-0.25, -0.2) is 0 Å². The maximum absolute atomic E-state index is 6.95. The Morgan fingerprint density at radius 1 is 0.378 bits per heavy atom. The molecule has 0 aliphatic heterocycles. The van der Waals surface area contributed by atoms with E-state index in [0.717, 1.165) is 77.1 Å². The van der Waals surface area contributed by atoms with Crippen LogP contribution in [0.1, 0.15) is 0 Å². The van der Waals surface area contributed by atoms with E-state index in [0.29, 0.717) is 0 Å². The summed E-state index contributed by atoms with van der Waals surface area (Å²) in [5.74, 6) is 0. The molecule has 0 unspecified atom stereocenters. The van der Waals surface area contributed by atoms with Gasteiger partial charge in [0.25, 0.3) is 0 Å². The number of benzene rings is 7. The predicted molar refractivity (Wildman–Crippen MR) is 186 cm³/mol. The normalized spacial score (nSPS) is 12.0. The van der Waals surface area contributed by atoms with Gasteiger partial charge in [0.1, 0.15) is 22.3 Å². The van der Waals surface area contributed by atoms with Crippen LogP contribution in [0.15, 0.2) is 160 Å². The summed E-state index contributed by atoms with van der Waals surface area (Å²) in [7, 11) is 0. The highest BCUT2D eigenvalue weighted by atomic mass is 16.3. The zero-order valence-corrected chi connectivity index (χ0v) is 24.2. The first kappa shape index (κ1) is 24.4. The van der Waals surface area contributed by atoms with Crippen LogP contribution in [-0.4, -0.2) is 4.57 Å². The Morgan fingerprint density at radius 2 is 1.11 bits per heavy atom. The van der Waals surface area contributed by atoms with Crippen LogP contribution in [0.2, 0.25) is 0 Å². The molecule has 0 aliphatic carbocycles. The van der Waals surface area contributed by atoms with Crippen molar-refractivity contribution >= 4 is 65.7 Å². The van der Waals surface area contributed by atoms with Crippen molar-refractivity contribution in [3.63, 3.8) is 0 Å². The van der Waals surface area contributed by atoms with Gasteiger partial charge in [0.2, 0.25) is 0 Å². The van der Waals surface area contributed by atoms with E-state index in [4.69, 9.17) is 8.83 Å². The van der Waals surface area contributed by atoms with Crippen LogP contribution < -0.4 is 0 Å². The highest BCUT2D eigenvalue weighted by Gasteiger charge is 2.20. The van der Waals surface area contributed by atoms with Gasteiger partial charge in [0.15, 0.2) is 0 Å². The Balaban J connectivity index is 1.23. The zero-order valence-electron chi connectivity index (χ0n) is 24.2. The van der Waals surface area contributed by atoms with Gasteiger partial charge in [-0.05, 0) is 65.2 Å². The molecular formula is C42H25NO2. The maximum Gasteiger partial charge on any atom is 0.145 e. The lowest BCUT2D eigenvalue weighted by molar-refractivity contribution is 0.668. The monoisotopic (exact) mass is 575 g/mol. The first-order valence-corrected chi connectivity index (χ1v) is 15.3. The van der Waals surface area contributed by atoms with Gasteiger partial charge in [-0.15, -0.1) is 0 Å². The van der Waals surface area contributed by atoms with Gasteiger partial charge in [0, 0.05) is 38.2 Å². The quantitative estimate of drug-likeness (QED) is 0.210. The van der Waals surface area contributed by atoms with E-state index in [9.17, 15) is 0 Å². The smallest absolute Gasteiger partial charge is 0.145 e. The molecule has 0 radical (unpaired) electrons. The lowest BCUT2D eigenvalue weighted by atomic mass is 10.00. The van der Waals surface area contributed by atoms with Gasteiger partial charge in [0.05, 0.1) is 16.4 Å². The summed E-state index contributed by atoms with van der Waals surface area (Å²) in [6, 6.07) is 53.5. The fraction of sp³-hybridized carbons (Fsp3) is 0. The van der Waals surface area contributed by atoms with Crippen LogP contribution in [-0.2, 0) is 0 Å². The second-order valence-electron chi connectivity index (χ2n) is 11.7. The molecule has 45 heavy (non-hydrogen) atoms. The summed E-state index contributed by atoms with van der Waals surface area (Å²) in [6.07, 6.45) is 0. The number of hydrogen-bond donors (Lipinski definition) is 0. The summed E-state index contributed by atoms with van der Waals surface area (Å²) >= 11 is 0. The standard InChI is InChI=1S/C42H25NO2/c1-2-10-26(11-3-1)27-12-8-13-29(24-27)43-36-18-6-4-15-34(36)40-37(43)22-21-33-32-17-9-16-30(41(32)45-42(33)40)28-20-23-39-35(25-28)31-14-5-7-19-38(31)44-39/h1-25H. The minimum absolute atomic E-state index is 0.891. The first-order valence-electron chi connectivity index (χ1n) is 15.3. The molecule has 0 spiro atoms. The highest BCUT2D eigenvalue weighted by molar-refractivity contribution is 6.25. The largest absolute Gasteiger partial charge is 0.456 e. The molecule has 3 nitrogen and oxygen atoms in total. The van der Waals surface area contributed by atoms with E-state index in [2.05, 4.69) is 144 Å². The van der Waals surface area contributed by atoms with Gasteiger partial charge in [-0.1, -0.05) is 103 Å². The third kappa shape index (κ3) is 3.52. The van der Waals surface area contributed by atoms with E-state index < -0.39 is 0 Å². The summed E-state index contributed by atoms with van der Waals surface area (Å²) in [4.78, 5) is 0. The number of para-hydroxylation sites is 3. The van der Waals surface area contributed by atoms with E-state index >= 15 is 0 Å². The molecule has 0 fully saturated rings. The molecule has 0 amide bonds. The molecule has 3 heteroatoms. The minimum atomic E-state index is 0.891. The van der Waals surface area contributed by atoms with Crippen molar-refractivity contribution in [1.29, 1.82) is 0 Å². The molecular weight excluding hydrogens is 550 g/mol. The van der Waals surface area contributed by atoms with Crippen molar-refractivity contribution in [2.24, 2.45) is 0 Å². The van der Waals surface area contributed by atoms with Gasteiger partial charge >= 0.3 is 0 Å². The Kier molecular flexibility index (Phi) is 5.00. The molecule has 0 bridgehead atoms. The minimum Gasteiger partial charge on any atom is -0.456 e. The van der Waals surface area contributed by atoms with Crippen molar-refractivity contribution in [1.82, 2.24) is 4.57 Å². The number of nitrogens with zero attached hydrogens (tertiary/aromatic N) is 1. The third-order valence-electron chi connectivity index (χ3n) is 9.20. The number of furan rings is 2. The molecule has 0 saturated carbocycles. The topological polar surface area (TPSA) is 31.2 Å². The van der Waals surface area contributed by atoms with Crippen LogP contribution in [0.25, 0.3) is 93.6 Å². The SMILES string of the molecule is c1ccc(-c2cccc(-n3c4ccccc4c4c5oc6c(-c7ccc8oc9ccccc9c8c7)cccc6c5ccc43)c2)cc1. The maximum atomic E-state index is 6.95. The van der Waals surface area contributed by atoms with Crippen molar-refractivity contribution in [3.05, 3.63) is 152 Å². The molecule has 210 valence electrons. The van der Waals surface area contributed by atoms with E-state index in [1.54, 1.807) is 0 Å². The van der Waals surface area contributed by atoms with Crippen molar-refractivity contribution < 1.29 is 8.83 Å². The van der Waals surface area contributed by atoms with E-state index in [1.165, 1.54) is 16.5 Å². The first-order chi connectivity index (χ1) is 22.3. The predicted octanol–water partition coefficient (Wildman–Crippen LogP) is 11.9. The third-order valence-corrected chi connectivity index (χ3v) is 9.20. The van der Waals surface area contributed by atoms with Gasteiger partial charge in [-0.3, -0.25) is 0 Å². The van der Waals surface area contributed by atoms with E-state index in [-0.39, 0.29) is 0 Å². The van der Waals surface area contributed by atoms with Crippen molar-refractivity contribution in [2.75, 3.05) is 0 Å². The summed E-state index contributed by atoms with van der Waals surface area (Å²) < 4.78 is 15.4. The molecule has 3 heterocycles. The van der Waals surface area contributed by atoms with Crippen LogP contribution in [0.3, 0.4) is 0 Å².